The zero-order chi connectivity index (χ0) is 35.2. The van der Waals surface area contributed by atoms with E-state index in [-0.39, 0.29) is 23.8 Å². The molecule has 2 aliphatic rings. The van der Waals surface area contributed by atoms with Gasteiger partial charge in [0.1, 0.15) is 11.6 Å². The molecular weight excluding hydrogens is 627 g/mol. The van der Waals surface area contributed by atoms with Crippen molar-refractivity contribution in [2.24, 2.45) is 16.6 Å². The fourth-order valence-corrected chi connectivity index (χ4v) is 6.31. The molecule has 2 aliphatic heterocycles. The second-order valence-corrected chi connectivity index (χ2v) is 14.1. The first-order valence-electron chi connectivity index (χ1n) is 15.8. The molecule has 2 saturated heterocycles. The molecule has 5 rings (SSSR count). The molecule has 0 aliphatic carbocycles. The Morgan fingerprint density at radius 2 is 1.85 bits per heavy atom. The number of anilines is 1. The van der Waals surface area contributed by atoms with E-state index in [1.807, 2.05) is 32.3 Å². The van der Waals surface area contributed by atoms with E-state index in [4.69, 9.17) is 20.9 Å². The predicted molar refractivity (Wildman–Crippen MR) is 174 cm³/mol. The van der Waals surface area contributed by atoms with Gasteiger partial charge < -0.3 is 35.8 Å². The molecule has 14 heteroatoms. The molecule has 258 valence electrons. The summed E-state index contributed by atoms with van der Waals surface area (Å²) in [7, 11) is 0. The minimum absolute atomic E-state index is 0.0370. The molecule has 2 amide bonds. The number of piperidine rings is 1. The molecule has 5 N–H and O–H groups in total. The molecule has 11 nitrogen and oxygen atoms in total. The number of hydrogen-bond acceptors (Lipinski definition) is 8. The van der Waals surface area contributed by atoms with Gasteiger partial charge in [-0.2, -0.15) is 13.2 Å². The molecule has 2 fully saturated rings. The van der Waals surface area contributed by atoms with Gasteiger partial charge in [0.15, 0.2) is 0 Å². The molecule has 4 heterocycles. The summed E-state index contributed by atoms with van der Waals surface area (Å²) in [5.41, 5.74) is 6.50. The minimum Gasteiger partial charge on any atom is -0.392 e. The van der Waals surface area contributed by atoms with E-state index in [1.54, 1.807) is 24.0 Å². The summed E-state index contributed by atoms with van der Waals surface area (Å²) in [6.45, 7) is 11.0. The van der Waals surface area contributed by atoms with Crippen LogP contribution in [-0.4, -0.2) is 75.0 Å². The van der Waals surface area contributed by atoms with E-state index >= 15 is 0 Å². The summed E-state index contributed by atoms with van der Waals surface area (Å²) in [6.07, 6.45) is -2.74. The minimum atomic E-state index is -4.58. The van der Waals surface area contributed by atoms with Crippen LogP contribution in [0, 0.1) is 16.2 Å². The molecule has 4 unspecified atom stereocenters. The summed E-state index contributed by atoms with van der Waals surface area (Å²) in [5.74, 6) is -1.00. The van der Waals surface area contributed by atoms with Crippen molar-refractivity contribution in [3.63, 3.8) is 0 Å². The van der Waals surface area contributed by atoms with Crippen molar-refractivity contribution in [3.8, 4) is 11.3 Å². The normalized spacial score (nSPS) is 20.8. The smallest absolute Gasteiger partial charge is 0.392 e. The molecule has 3 aromatic rings. The van der Waals surface area contributed by atoms with Gasteiger partial charge in [-0.15, -0.1) is 0 Å². The lowest BCUT2D eigenvalue weighted by atomic mass is 9.84. The Labute approximate surface area is 277 Å². The second kappa shape index (κ2) is 13.1. The van der Waals surface area contributed by atoms with Crippen LogP contribution in [0.15, 0.2) is 42.6 Å². The van der Waals surface area contributed by atoms with Gasteiger partial charge in [-0.25, -0.2) is 9.97 Å². The number of carbonyl (C=O) groups excluding carboxylic acids is 2. The number of carbonyl (C=O) groups is 2. The number of benzene rings is 1. The summed E-state index contributed by atoms with van der Waals surface area (Å²) < 4.78 is 46.7. The maximum absolute atomic E-state index is 13.5. The third-order valence-electron chi connectivity index (χ3n) is 9.03. The van der Waals surface area contributed by atoms with Crippen LogP contribution in [0.25, 0.3) is 11.3 Å². The van der Waals surface area contributed by atoms with E-state index in [9.17, 15) is 27.9 Å². The first-order valence-corrected chi connectivity index (χ1v) is 15.8. The Balaban J connectivity index is 1.53. The Kier molecular flexibility index (Phi) is 9.56. The van der Waals surface area contributed by atoms with Gasteiger partial charge in [0.25, 0.3) is 5.91 Å². The lowest BCUT2D eigenvalue weighted by Gasteiger charge is -2.44. The topological polar surface area (TPSA) is 159 Å². The number of hydrogen-bond donors (Lipinski definition) is 4. The van der Waals surface area contributed by atoms with Crippen molar-refractivity contribution < 1.29 is 32.6 Å². The number of aromatic nitrogens is 3. The molecule has 0 spiro atoms. The SMILES string of the molecule is CC(N)c1c(-c2ccc(C(=O)Nc3cc(C(F)(F)F)ccn3)cc2)nc(C2CN(C(=O)C3(C)COC3)CCC2O)n1C(C=N)C(C)(C)C. The van der Waals surface area contributed by atoms with Crippen LogP contribution in [0.3, 0.4) is 0 Å². The average molecular weight is 670 g/mol. The Hall–Kier alpha value is -4.14. The molecule has 1 aromatic carbocycles. The average Bonchev–Trinajstić information content (AvgIpc) is 3.39. The van der Waals surface area contributed by atoms with Gasteiger partial charge in [0, 0.05) is 42.7 Å². The summed E-state index contributed by atoms with van der Waals surface area (Å²) in [5, 5.41) is 22.2. The van der Waals surface area contributed by atoms with Crippen LogP contribution < -0.4 is 11.1 Å². The maximum Gasteiger partial charge on any atom is 0.416 e. The monoisotopic (exact) mass is 669 g/mol. The Bertz CT molecular complexity index is 1680. The molecule has 4 atom stereocenters. The highest BCUT2D eigenvalue weighted by atomic mass is 19.4. The van der Waals surface area contributed by atoms with Gasteiger partial charge in [-0.3, -0.25) is 9.59 Å². The number of nitrogens with two attached hydrogens (primary N) is 1. The fourth-order valence-electron chi connectivity index (χ4n) is 6.31. The number of rotatable bonds is 8. The number of aliphatic hydroxyl groups excluding tert-OH is 1. The van der Waals surface area contributed by atoms with Crippen LogP contribution in [0.5, 0.6) is 0 Å². The number of imidazole rings is 1. The van der Waals surface area contributed by atoms with Crippen molar-refractivity contribution in [1.82, 2.24) is 19.4 Å². The third kappa shape index (κ3) is 6.87. The van der Waals surface area contributed by atoms with E-state index < -0.39 is 52.6 Å². The zero-order valence-electron chi connectivity index (χ0n) is 27.6. The lowest BCUT2D eigenvalue weighted by Crippen LogP contribution is -2.56. The van der Waals surface area contributed by atoms with Crippen molar-refractivity contribution in [1.29, 1.82) is 5.41 Å². The van der Waals surface area contributed by atoms with Crippen LogP contribution in [0.2, 0.25) is 0 Å². The Morgan fingerprint density at radius 3 is 2.40 bits per heavy atom. The second-order valence-electron chi connectivity index (χ2n) is 14.1. The molecule has 0 saturated carbocycles. The van der Waals surface area contributed by atoms with Crippen molar-refractivity contribution in [2.45, 2.75) is 71.3 Å². The highest BCUT2D eigenvalue weighted by Gasteiger charge is 2.47. The quantitative estimate of drug-likeness (QED) is 0.240. The van der Waals surface area contributed by atoms with E-state index in [0.717, 1.165) is 18.3 Å². The predicted octanol–water partition coefficient (Wildman–Crippen LogP) is 5.19. The number of alkyl halides is 3. The molecule has 2 aromatic heterocycles. The third-order valence-corrected chi connectivity index (χ3v) is 9.03. The fraction of sp³-hybridized carbons (Fsp3) is 0.500. The number of likely N-dealkylation sites (tertiary alicyclic amines) is 1. The van der Waals surface area contributed by atoms with Gasteiger partial charge in [-0.05, 0) is 49.9 Å². The molecule has 0 bridgehead atoms. The van der Waals surface area contributed by atoms with Crippen molar-refractivity contribution in [2.75, 3.05) is 31.6 Å². The van der Waals surface area contributed by atoms with Crippen LogP contribution in [0.4, 0.5) is 19.0 Å². The number of ether oxygens (including phenoxy) is 1. The number of nitrogens with zero attached hydrogens (tertiary/aromatic N) is 4. The summed E-state index contributed by atoms with van der Waals surface area (Å²) in [4.78, 5) is 37.1. The number of pyridine rings is 1. The number of halogens is 3. The Morgan fingerprint density at radius 1 is 1.19 bits per heavy atom. The van der Waals surface area contributed by atoms with Crippen molar-refractivity contribution in [3.05, 3.63) is 65.2 Å². The molecular formula is C34H42F3N7O4. The van der Waals surface area contributed by atoms with Crippen LogP contribution in [0.1, 0.15) is 86.5 Å². The maximum atomic E-state index is 13.5. The largest absolute Gasteiger partial charge is 0.416 e. The first kappa shape index (κ1) is 35.2. The summed E-state index contributed by atoms with van der Waals surface area (Å²) >= 11 is 0. The molecule has 0 radical (unpaired) electrons. The standard InChI is InChI=1S/C34H42F3N7O4/c1-19(39)28-27(20-6-8-21(9-7-20)30(46)41-26-14-22(10-12-40-26)34(35,36)37)42-29(44(28)25(15-38)32(2,3)4)23-16-43(13-11-24(23)45)31(47)33(5)17-48-18-33/h6-10,12,14-15,19,23-25,38,45H,11,13,16-18,39H2,1-5H3,(H,40,41,46). The van der Waals surface area contributed by atoms with E-state index in [1.165, 1.54) is 18.3 Å². The van der Waals surface area contributed by atoms with Gasteiger partial charge in [0.2, 0.25) is 5.91 Å². The van der Waals surface area contributed by atoms with E-state index in [0.29, 0.717) is 49.0 Å². The van der Waals surface area contributed by atoms with Gasteiger partial charge >= 0.3 is 6.18 Å². The first-order chi connectivity index (χ1) is 22.4. The highest BCUT2D eigenvalue weighted by molar-refractivity contribution is 6.04. The van der Waals surface area contributed by atoms with Gasteiger partial charge in [0.05, 0.1) is 53.6 Å². The number of aliphatic hydroxyl groups is 1. The zero-order valence-corrected chi connectivity index (χ0v) is 27.6. The van der Waals surface area contributed by atoms with Gasteiger partial charge in [-0.1, -0.05) is 32.9 Å². The highest BCUT2D eigenvalue weighted by Crippen LogP contribution is 2.41. The molecule has 48 heavy (non-hydrogen) atoms. The van der Waals surface area contributed by atoms with Crippen LogP contribution >= 0.6 is 0 Å². The van der Waals surface area contributed by atoms with E-state index in [2.05, 4.69) is 10.3 Å². The number of nitrogens with one attached hydrogen (secondary N) is 2. The lowest BCUT2D eigenvalue weighted by molar-refractivity contribution is -0.171. The summed E-state index contributed by atoms with van der Waals surface area (Å²) in [6, 6.07) is 6.89. The number of amides is 2. The van der Waals surface area contributed by atoms with Crippen LogP contribution in [-0.2, 0) is 15.7 Å². The van der Waals surface area contributed by atoms with Crippen molar-refractivity contribution >= 4 is 23.8 Å².